The van der Waals surface area contributed by atoms with Crippen LogP contribution in [-0.2, 0) is 20.7 Å². The van der Waals surface area contributed by atoms with Crippen molar-refractivity contribution in [3.63, 3.8) is 0 Å². The van der Waals surface area contributed by atoms with Gasteiger partial charge in [0.05, 0.1) is 43.2 Å². The van der Waals surface area contributed by atoms with Crippen molar-refractivity contribution in [2.45, 2.75) is 12.6 Å². The van der Waals surface area contributed by atoms with Crippen molar-refractivity contribution < 1.29 is 27.0 Å². The van der Waals surface area contributed by atoms with Crippen LogP contribution in [0, 0.1) is 5.82 Å². The van der Waals surface area contributed by atoms with E-state index in [1.807, 2.05) is 12.1 Å². The monoisotopic (exact) mass is 625 g/mol. The van der Waals surface area contributed by atoms with Gasteiger partial charge in [-0.1, -0.05) is 18.2 Å². The lowest BCUT2D eigenvalue weighted by Gasteiger charge is -2.32. The third-order valence-corrected chi connectivity index (χ3v) is 8.09. The van der Waals surface area contributed by atoms with Crippen molar-refractivity contribution in [2.75, 3.05) is 74.7 Å². The Morgan fingerprint density at radius 2 is 1.68 bits per heavy atom. The van der Waals surface area contributed by atoms with Gasteiger partial charge in [0.25, 0.3) is 0 Å². The summed E-state index contributed by atoms with van der Waals surface area (Å²) >= 11 is -2.53. The van der Waals surface area contributed by atoms with Crippen molar-refractivity contribution in [3.8, 4) is 22.5 Å². The molecule has 0 amide bonds. The highest BCUT2D eigenvalue weighted by atomic mass is 32.2. The SMILES string of the molecule is Nc1ncc(-c2nc(N3CCOCC3)c3cc(-c4cccc(C(F)CCNS(=O)[O-])c4F)cc(N4CCOCC4)c3n2)cn1. The Bertz CT molecular complexity index is 1650. The first-order chi connectivity index (χ1) is 21.4. The number of anilines is 3. The molecule has 0 aliphatic carbocycles. The second-order valence-corrected chi connectivity index (χ2v) is 11.1. The Balaban J connectivity index is 1.53. The summed E-state index contributed by atoms with van der Waals surface area (Å²) in [4.78, 5) is 22.4. The Hall–Kier alpha value is -3.89. The topological polar surface area (TPSA) is 155 Å². The summed E-state index contributed by atoms with van der Waals surface area (Å²) in [5.74, 6) is 0.499. The number of nitrogens with two attached hydrogens (primary N) is 1. The Kier molecular flexibility index (Phi) is 9.18. The van der Waals surface area contributed by atoms with E-state index in [4.69, 9.17) is 25.2 Å². The smallest absolute Gasteiger partial charge is 0.219 e. The first kappa shape index (κ1) is 30.1. The van der Waals surface area contributed by atoms with E-state index in [1.165, 1.54) is 6.07 Å². The molecule has 6 rings (SSSR count). The second kappa shape index (κ2) is 13.4. The van der Waals surface area contributed by atoms with E-state index < -0.39 is 23.3 Å². The fourth-order valence-electron chi connectivity index (χ4n) is 5.44. The quantitative estimate of drug-likeness (QED) is 0.264. The predicted octanol–water partition coefficient (Wildman–Crippen LogP) is 2.93. The first-order valence-corrected chi connectivity index (χ1v) is 15.3. The molecule has 44 heavy (non-hydrogen) atoms. The highest BCUT2D eigenvalue weighted by Gasteiger charge is 2.25. The van der Waals surface area contributed by atoms with E-state index in [0.717, 1.165) is 5.69 Å². The van der Waals surface area contributed by atoms with E-state index in [2.05, 4.69) is 24.5 Å². The summed E-state index contributed by atoms with van der Waals surface area (Å²) in [7, 11) is 0. The molecule has 2 saturated heterocycles. The van der Waals surface area contributed by atoms with Crippen LogP contribution in [0.15, 0.2) is 42.7 Å². The molecule has 2 aromatic heterocycles. The van der Waals surface area contributed by atoms with Crippen LogP contribution in [0.4, 0.5) is 26.2 Å². The van der Waals surface area contributed by atoms with Gasteiger partial charge in [-0.25, -0.2) is 33.4 Å². The lowest BCUT2D eigenvalue weighted by Crippen LogP contribution is -2.37. The van der Waals surface area contributed by atoms with E-state index in [0.29, 0.717) is 86.3 Å². The molecule has 0 bridgehead atoms. The number of morpholine rings is 2. The minimum atomic E-state index is -2.53. The largest absolute Gasteiger partial charge is 0.760 e. The molecule has 2 unspecified atom stereocenters. The summed E-state index contributed by atoms with van der Waals surface area (Å²) < 4.78 is 66.1. The number of fused-ring (bicyclic) bond motifs is 1. The zero-order chi connectivity index (χ0) is 30.6. The van der Waals surface area contributed by atoms with Gasteiger partial charge in [0.2, 0.25) is 5.95 Å². The summed E-state index contributed by atoms with van der Waals surface area (Å²) in [6.07, 6.45) is 1.24. The van der Waals surface area contributed by atoms with Crippen LogP contribution >= 0.6 is 0 Å². The van der Waals surface area contributed by atoms with Gasteiger partial charge in [-0.15, -0.1) is 0 Å². The standard InChI is InChI=1S/C29H32F2N8O4S/c30-23(4-5-35-44(40)41)21-3-1-2-20(25(21)31)18-14-22-26(24(15-18)38-6-10-42-11-7-38)36-27(19-16-33-29(32)34-17-19)37-28(22)39-8-12-43-13-9-39/h1-3,14-17,23,35H,4-13H2,(H,40,41)(H2,32,33,34)/p-1. The van der Waals surface area contributed by atoms with Crippen LogP contribution in [0.25, 0.3) is 33.4 Å². The van der Waals surface area contributed by atoms with Gasteiger partial charge < -0.3 is 29.6 Å². The molecule has 2 atom stereocenters. The number of ether oxygens (including phenoxy) is 2. The second-order valence-electron chi connectivity index (χ2n) is 10.4. The molecule has 2 aliphatic rings. The number of rotatable bonds is 9. The van der Waals surface area contributed by atoms with E-state index in [1.54, 1.807) is 24.5 Å². The van der Waals surface area contributed by atoms with Crippen molar-refractivity contribution in [3.05, 3.63) is 54.1 Å². The lowest BCUT2D eigenvalue weighted by atomic mass is 9.96. The van der Waals surface area contributed by atoms with Gasteiger partial charge in [-0.2, -0.15) is 0 Å². The maximum atomic E-state index is 16.0. The zero-order valence-electron chi connectivity index (χ0n) is 23.7. The maximum absolute atomic E-state index is 16.0. The molecule has 0 radical (unpaired) electrons. The summed E-state index contributed by atoms with van der Waals surface area (Å²) in [6, 6.07) is 8.29. The van der Waals surface area contributed by atoms with Crippen molar-refractivity contribution in [2.24, 2.45) is 0 Å². The maximum Gasteiger partial charge on any atom is 0.219 e. The fraction of sp³-hybridized carbons (Fsp3) is 0.379. The number of benzene rings is 2. The molecule has 15 heteroatoms. The van der Waals surface area contributed by atoms with Crippen LogP contribution in [-0.4, -0.2) is 87.8 Å². The van der Waals surface area contributed by atoms with Crippen LogP contribution in [0.2, 0.25) is 0 Å². The van der Waals surface area contributed by atoms with E-state index in [-0.39, 0.29) is 30.0 Å². The van der Waals surface area contributed by atoms with Crippen molar-refractivity contribution in [1.82, 2.24) is 24.7 Å². The number of hydrogen-bond acceptors (Lipinski definition) is 11. The number of nitrogens with one attached hydrogen (secondary N) is 1. The van der Waals surface area contributed by atoms with Crippen LogP contribution < -0.4 is 20.3 Å². The van der Waals surface area contributed by atoms with Crippen LogP contribution in [0.1, 0.15) is 18.2 Å². The number of halogens is 2. The molecule has 232 valence electrons. The molecule has 0 spiro atoms. The number of nitrogen functional groups attached to an aromatic ring is 1. The van der Waals surface area contributed by atoms with Crippen molar-refractivity contribution >= 4 is 39.6 Å². The third-order valence-electron chi connectivity index (χ3n) is 7.65. The van der Waals surface area contributed by atoms with Crippen molar-refractivity contribution in [1.29, 1.82) is 0 Å². The summed E-state index contributed by atoms with van der Waals surface area (Å²) in [5.41, 5.74) is 8.35. The number of alkyl halides is 1. The first-order valence-electron chi connectivity index (χ1n) is 14.2. The molecule has 2 aliphatic heterocycles. The van der Waals surface area contributed by atoms with Crippen LogP contribution in [0.5, 0.6) is 0 Å². The highest BCUT2D eigenvalue weighted by molar-refractivity contribution is 7.77. The van der Waals surface area contributed by atoms with Gasteiger partial charge in [0, 0.05) is 72.9 Å². The predicted molar refractivity (Wildman–Crippen MR) is 162 cm³/mol. The molecular weight excluding hydrogens is 594 g/mol. The van der Waals surface area contributed by atoms with Gasteiger partial charge in [0.15, 0.2) is 5.82 Å². The Morgan fingerprint density at radius 3 is 2.36 bits per heavy atom. The lowest BCUT2D eigenvalue weighted by molar-refractivity contribution is 0.122. The summed E-state index contributed by atoms with van der Waals surface area (Å²) in [5, 5.41) is 0.703. The molecule has 4 heterocycles. The number of aromatic nitrogens is 4. The Labute approximate surface area is 255 Å². The fourth-order valence-corrected chi connectivity index (χ4v) is 5.72. The highest BCUT2D eigenvalue weighted by Crippen LogP contribution is 2.40. The summed E-state index contributed by atoms with van der Waals surface area (Å²) in [6.45, 7) is 4.30. The molecular formula is C29H31F2N8O4S-. The molecule has 2 fully saturated rings. The Morgan fingerprint density at radius 1 is 1.00 bits per heavy atom. The zero-order valence-corrected chi connectivity index (χ0v) is 24.6. The third kappa shape index (κ3) is 6.46. The molecule has 0 saturated carbocycles. The number of nitrogens with zero attached hydrogens (tertiary/aromatic N) is 6. The van der Waals surface area contributed by atoms with Crippen LogP contribution in [0.3, 0.4) is 0 Å². The minimum absolute atomic E-state index is 0.137. The average Bonchev–Trinajstić information content (AvgIpc) is 3.05. The number of hydrogen-bond donors (Lipinski definition) is 2. The van der Waals surface area contributed by atoms with E-state index in [9.17, 15) is 8.76 Å². The molecule has 3 N–H and O–H groups in total. The van der Waals surface area contributed by atoms with Gasteiger partial charge in [-0.3, -0.25) is 4.21 Å². The normalized spacial score (nSPS) is 17.2. The molecule has 4 aromatic rings. The van der Waals surface area contributed by atoms with Gasteiger partial charge >= 0.3 is 0 Å². The molecule has 12 nitrogen and oxygen atoms in total. The van der Waals surface area contributed by atoms with Gasteiger partial charge in [0.1, 0.15) is 17.8 Å². The van der Waals surface area contributed by atoms with Gasteiger partial charge in [-0.05, 0) is 24.1 Å². The van der Waals surface area contributed by atoms with E-state index >= 15 is 8.78 Å². The average molecular weight is 626 g/mol. The minimum Gasteiger partial charge on any atom is -0.760 e. The molecule has 2 aromatic carbocycles.